The van der Waals surface area contributed by atoms with Crippen LogP contribution in [0.5, 0.6) is 0 Å². The van der Waals surface area contributed by atoms with Crippen molar-refractivity contribution >= 4 is 11.8 Å². The van der Waals surface area contributed by atoms with Crippen molar-refractivity contribution in [1.82, 2.24) is 20.7 Å². The SMILES string of the molecule is C[C@@H](NC(=O)[C@H]1CN(C2CCCC2)CC[C@@H]1NC(=O)c1cc(-c2c(F)cc(F)cc2F)on1)C1CCC1. The van der Waals surface area contributed by atoms with Crippen LogP contribution in [0, 0.1) is 29.3 Å². The summed E-state index contributed by atoms with van der Waals surface area (Å²) in [6, 6.07) is 2.32. The van der Waals surface area contributed by atoms with Crippen LogP contribution in [0.4, 0.5) is 13.2 Å². The summed E-state index contributed by atoms with van der Waals surface area (Å²) in [7, 11) is 0. The number of rotatable bonds is 7. The van der Waals surface area contributed by atoms with E-state index >= 15 is 0 Å². The van der Waals surface area contributed by atoms with E-state index in [0.29, 0.717) is 37.1 Å². The molecule has 3 atom stereocenters. The molecule has 3 fully saturated rings. The van der Waals surface area contributed by atoms with Gasteiger partial charge in [0.25, 0.3) is 5.91 Å². The molecule has 2 N–H and O–H groups in total. The Morgan fingerprint density at radius 2 is 1.73 bits per heavy atom. The number of hydrogen-bond acceptors (Lipinski definition) is 5. The quantitative estimate of drug-likeness (QED) is 0.567. The summed E-state index contributed by atoms with van der Waals surface area (Å²) >= 11 is 0. The molecule has 0 bridgehead atoms. The predicted octanol–water partition coefficient (Wildman–Crippen LogP) is 4.43. The Kier molecular flexibility index (Phi) is 7.55. The highest BCUT2D eigenvalue weighted by Crippen LogP contribution is 2.32. The third-order valence-corrected chi connectivity index (χ3v) is 8.36. The Labute approximate surface area is 214 Å². The number of likely N-dealkylation sites (tertiary alicyclic amines) is 1. The van der Waals surface area contributed by atoms with Crippen LogP contribution in [0.3, 0.4) is 0 Å². The molecule has 2 aliphatic carbocycles. The van der Waals surface area contributed by atoms with Crippen LogP contribution in [-0.4, -0.2) is 53.1 Å². The van der Waals surface area contributed by atoms with Crippen molar-refractivity contribution in [1.29, 1.82) is 0 Å². The number of nitrogens with zero attached hydrogens (tertiary/aromatic N) is 2. The first-order chi connectivity index (χ1) is 17.8. The molecule has 7 nitrogen and oxygen atoms in total. The zero-order valence-corrected chi connectivity index (χ0v) is 20.9. The van der Waals surface area contributed by atoms with Crippen LogP contribution in [0.15, 0.2) is 22.7 Å². The number of carbonyl (C=O) groups excluding carboxylic acids is 2. The van der Waals surface area contributed by atoms with Crippen LogP contribution in [0.1, 0.15) is 68.8 Å². The average Bonchev–Trinajstić information content (AvgIpc) is 3.50. The standard InChI is InChI=1S/C27H33F3N4O3/c1-15(16-5-4-6-16)31-26(35)19-14-34(18-7-2-3-8-18)10-9-22(19)32-27(36)23-13-24(37-33-23)25-20(29)11-17(28)12-21(25)30/h11-13,15-16,18-19,22H,2-10,14H2,1H3,(H,31,35)(H,32,36)/t15-,19+,22+/m1/s1. The van der Waals surface area contributed by atoms with Gasteiger partial charge in [-0.2, -0.15) is 0 Å². The lowest BCUT2D eigenvalue weighted by Gasteiger charge is -2.42. The smallest absolute Gasteiger partial charge is 0.273 e. The van der Waals surface area contributed by atoms with Gasteiger partial charge in [-0.25, -0.2) is 13.2 Å². The second-order valence-corrected chi connectivity index (χ2v) is 10.7. The maximum atomic E-state index is 14.2. The molecule has 3 aliphatic rings. The van der Waals surface area contributed by atoms with Gasteiger partial charge in [-0.1, -0.05) is 24.4 Å². The molecule has 10 heteroatoms. The molecular weight excluding hydrogens is 485 g/mol. The van der Waals surface area contributed by atoms with Crippen LogP contribution in [-0.2, 0) is 4.79 Å². The van der Waals surface area contributed by atoms with Crippen molar-refractivity contribution in [2.24, 2.45) is 11.8 Å². The molecule has 1 aromatic heterocycles. The van der Waals surface area contributed by atoms with Gasteiger partial charge in [-0.05, 0) is 44.9 Å². The van der Waals surface area contributed by atoms with Crippen molar-refractivity contribution in [3.8, 4) is 11.3 Å². The first-order valence-corrected chi connectivity index (χ1v) is 13.3. The molecule has 0 spiro atoms. The van der Waals surface area contributed by atoms with Gasteiger partial charge in [0, 0.05) is 49.4 Å². The highest BCUT2D eigenvalue weighted by atomic mass is 19.1. The molecule has 200 valence electrons. The number of piperidine rings is 1. The Balaban J connectivity index is 1.30. The number of aromatic nitrogens is 1. The monoisotopic (exact) mass is 518 g/mol. The summed E-state index contributed by atoms with van der Waals surface area (Å²) in [5.41, 5.74) is -0.765. The summed E-state index contributed by atoms with van der Waals surface area (Å²) in [6.45, 7) is 3.38. The largest absolute Gasteiger partial charge is 0.355 e. The Morgan fingerprint density at radius 3 is 2.38 bits per heavy atom. The molecule has 2 aromatic rings. The van der Waals surface area contributed by atoms with Crippen molar-refractivity contribution in [2.45, 2.75) is 76.4 Å². The van der Waals surface area contributed by atoms with Crippen molar-refractivity contribution in [3.63, 3.8) is 0 Å². The van der Waals surface area contributed by atoms with E-state index in [-0.39, 0.29) is 23.4 Å². The maximum Gasteiger partial charge on any atom is 0.273 e. The van der Waals surface area contributed by atoms with E-state index in [2.05, 4.69) is 20.7 Å². The van der Waals surface area contributed by atoms with Crippen molar-refractivity contribution in [2.75, 3.05) is 13.1 Å². The van der Waals surface area contributed by atoms with E-state index in [0.717, 1.165) is 38.3 Å². The predicted molar refractivity (Wildman–Crippen MR) is 130 cm³/mol. The molecule has 37 heavy (non-hydrogen) atoms. The lowest BCUT2D eigenvalue weighted by Crippen LogP contribution is -2.58. The molecule has 2 saturated carbocycles. The number of halogens is 3. The van der Waals surface area contributed by atoms with Gasteiger partial charge < -0.3 is 15.2 Å². The first kappa shape index (κ1) is 25.8. The number of nitrogens with one attached hydrogen (secondary N) is 2. The Morgan fingerprint density at radius 1 is 1.03 bits per heavy atom. The van der Waals surface area contributed by atoms with Gasteiger partial charge in [0.2, 0.25) is 5.91 Å². The minimum absolute atomic E-state index is 0.0660. The summed E-state index contributed by atoms with van der Waals surface area (Å²) in [5, 5.41) is 9.77. The Bertz CT molecular complexity index is 1120. The molecule has 0 radical (unpaired) electrons. The second kappa shape index (κ2) is 10.8. The fourth-order valence-electron chi connectivity index (χ4n) is 5.93. The molecular formula is C27H33F3N4O3. The van der Waals surface area contributed by atoms with Crippen LogP contribution < -0.4 is 10.6 Å². The third-order valence-electron chi connectivity index (χ3n) is 8.36. The second-order valence-electron chi connectivity index (χ2n) is 10.7. The van der Waals surface area contributed by atoms with E-state index in [9.17, 15) is 22.8 Å². The van der Waals surface area contributed by atoms with E-state index in [1.54, 1.807) is 0 Å². The minimum atomic E-state index is -1.16. The van der Waals surface area contributed by atoms with Gasteiger partial charge in [0.15, 0.2) is 11.5 Å². The highest BCUT2D eigenvalue weighted by Gasteiger charge is 2.39. The zero-order chi connectivity index (χ0) is 26.1. The molecule has 1 saturated heterocycles. The Hall–Kier alpha value is -2.88. The summed E-state index contributed by atoms with van der Waals surface area (Å²) in [4.78, 5) is 28.8. The van der Waals surface area contributed by atoms with Crippen LogP contribution >= 0.6 is 0 Å². The van der Waals surface area contributed by atoms with Gasteiger partial charge in [-0.15, -0.1) is 0 Å². The van der Waals surface area contributed by atoms with E-state index in [1.165, 1.54) is 19.3 Å². The van der Waals surface area contributed by atoms with Crippen molar-refractivity contribution in [3.05, 3.63) is 41.3 Å². The van der Waals surface area contributed by atoms with Gasteiger partial charge in [0.05, 0.1) is 11.5 Å². The van der Waals surface area contributed by atoms with Gasteiger partial charge >= 0.3 is 0 Å². The summed E-state index contributed by atoms with van der Waals surface area (Å²) < 4.78 is 46.6. The highest BCUT2D eigenvalue weighted by molar-refractivity contribution is 5.94. The van der Waals surface area contributed by atoms with Gasteiger partial charge in [0.1, 0.15) is 17.5 Å². The fraction of sp³-hybridized carbons (Fsp3) is 0.593. The fourth-order valence-corrected chi connectivity index (χ4v) is 5.93. The van der Waals surface area contributed by atoms with Crippen molar-refractivity contribution < 1.29 is 27.3 Å². The first-order valence-electron chi connectivity index (χ1n) is 13.3. The van der Waals surface area contributed by atoms with Crippen LogP contribution in [0.25, 0.3) is 11.3 Å². The number of benzene rings is 1. The molecule has 0 unspecified atom stereocenters. The lowest BCUT2D eigenvalue weighted by atomic mass is 9.80. The third kappa shape index (κ3) is 5.54. The van der Waals surface area contributed by atoms with Crippen LogP contribution in [0.2, 0.25) is 0 Å². The van der Waals surface area contributed by atoms with E-state index in [1.807, 2.05) is 6.92 Å². The normalized spacial score (nSPS) is 24.0. The topological polar surface area (TPSA) is 87.5 Å². The summed E-state index contributed by atoms with van der Waals surface area (Å²) in [5.74, 6) is -4.29. The molecule has 2 amide bonds. The molecule has 2 heterocycles. The number of amides is 2. The van der Waals surface area contributed by atoms with E-state index in [4.69, 9.17) is 4.52 Å². The number of hydrogen-bond donors (Lipinski definition) is 2. The maximum absolute atomic E-state index is 14.2. The minimum Gasteiger partial charge on any atom is -0.355 e. The average molecular weight is 519 g/mol. The molecule has 1 aliphatic heterocycles. The van der Waals surface area contributed by atoms with E-state index < -0.39 is 40.9 Å². The molecule has 5 rings (SSSR count). The van der Waals surface area contributed by atoms with Gasteiger partial charge in [-0.3, -0.25) is 14.5 Å². The number of carbonyl (C=O) groups is 2. The summed E-state index contributed by atoms with van der Waals surface area (Å²) in [6.07, 6.45) is 8.66. The lowest BCUT2D eigenvalue weighted by molar-refractivity contribution is -0.129. The molecule has 1 aromatic carbocycles. The zero-order valence-electron chi connectivity index (χ0n) is 20.9.